The average molecular weight is 280 g/mol. The summed E-state index contributed by atoms with van der Waals surface area (Å²) in [7, 11) is 0. The summed E-state index contributed by atoms with van der Waals surface area (Å²) in [5.41, 5.74) is 6.29. The highest BCUT2D eigenvalue weighted by atomic mass is 79.9. The molecule has 2 heterocycles. The molecule has 2 rings (SSSR count). The van der Waals surface area contributed by atoms with Crippen LogP contribution in [0.15, 0.2) is 41.1 Å². The van der Waals surface area contributed by atoms with Gasteiger partial charge in [0.05, 0.1) is 11.9 Å². The molecule has 0 aliphatic heterocycles. The zero-order valence-electron chi connectivity index (χ0n) is 8.43. The molecule has 5 heteroatoms. The molecule has 2 N–H and O–H groups in total. The third kappa shape index (κ3) is 2.77. The lowest BCUT2D eigenvalue weighted by Crippen LogP contribution is -2.00. The Morgan fingerprint density at radius 1 is 1.31 bits per heavy atom. The quantitative estimate of drug-likeness (QED) is 0.938. The van der Waals surface area contributed by atoms with Crippen molar-refractivity contribution < 1.29 is 4.74 Å². The van der Waals surface area contributed by atoms with Gasteiger partial charge in [0.2, 0.25) is 5.88 Å². The van der Waals surface area contributed by atoms with Crippen molar-refractivity contribution in [2.45, 2.75) is 6.54 Å². The molecule has 0 saturated heterocycles. The summed E-state index contributed by atoms with van der Waals surface area (Å²) in [5.74, 6) is 1.15. The number of aromatic nitrogens is 2. The molecule has 0 fully saturated rings. The van der Waals surface area contributed by atoms with E-state index in [0.717, 1.165) is 10.2 Å². The Balaban J connectivity index is 2.20. The molecule has 0 aromatic carbocycles. The van der Waals surface area contributed by atoms with Crippen LogP contribution in [-0.2, 0) is 6.54 Å². The van der Waals surface area contributed by atoms with Crippen LogP contribution in [0.5, 0.6) is 11.6 Å². The molecule has 0 saturated carbocycles. The first-order chi connectivity index (χ1) is 7.78. The third-order valence-corrected chi connectivity index (χ3v) is 2.33. The number of hydrogen-bond acceptors (Lipinski definition) is 4. The minimum Gasteiger partial charge on any atom is -0.437 e. The fourth-order valence-corrected chi connectivity index (χ4v) is 1.54. The van der Waals surface area contributed by atoms with Gasteiger partial charge in [-0.2, -0.15) is 0 Å². The number of halogens is 1. The monoisotopic (exact) mass is 279 g/mol. The highest BCUT2D eigenvalue weighted by molar-refractivity contribution is 9.10. The van der Waals surface area contributed by atoms with Crippen LogP contribution in [0.3, 0.4) is 0 Å². The van der Waals surface area contributed by atoms with Gasteiger partial charge in [-0.05, 0) is 28.1 Å². The van der Waals surface area contributed by atoms with Crippen LogP contribution in [0, 0.1) is 0 Å². The van der Waals surface area contributed by atoms with Crippen LogP contribution in [-0.4, -0.2) is 9.97 Å². The Labute approximate surface area is 102 Å². The van der Waals surface area contributed by atoms with E-state index in [4.69, 9.17) is 10.5 Å². The number of hydrogen-bond donors (Lipinski definition) is 1. The molecule has 2 aromatic heterocycles. The van der Waals surface area contributed by atoms with Gasteiger partial charge < -0.3 is 10.5 Å². The first kappa shape index (κ1) is 11.0. The van der Waals surface area contributed by atoms with Crippen LogP contribution in [0.1, 0.15) is 5.69 Å². The van der Waals surface area contributed by atoms with Crippen molar-refractivity contribution in [3.8, 4) is 11.6 Å². The zero-order chi connectivity index (χ0) is 11.4. The van der Waals surface area contributed by atoms with Gasteiger partial charge in [-0.15, -0.1) is 0 Å². The molecule has 0 aliphatic carbocycles. The number of nitrogens with two attached hydrogens (primary N) is 1. The Morgan fingerprint density at radius 3 is 2.94 bits per heavy atom. The van der Waals surface area contributed by atoms with E-state index in [9.17, 15) is 0 Å². The fraction of sp³-hybridized carbons (Fsp3) is 0.0909. The van der Waals surface area contributed by atoms with Crippen LogP contribution < -0.4 is 10.5 Å². The van der Waals surface area contributed by atoms with Gasteiger partial charge in [0.25, 0.3) is 0 Å². The Kier molecular flexibility index (Phi) is 3.48. The third-order valence-electron chi connectivity index (χ3n) is 1.89. The van der Waals surface area contributed by atoms with Crippen LogP contribution in [0.25, 0.3) is 0 Å². The predicted molar refractivity (Wildman–Crippen MR) is 64.1 cm³/mol. The summed E-state index contributed by atoms with van der Waals surface area (Å²) in [5, 5.41) is 0. The molecule has 16 heavy (non-hydrogen) atoms. The van der Waals surface area contributed by atoms with E-state index in [1.54, 1.807) is 18.5 Å². The largest absolute Gasteiger partial charge is 0.437 e. The molecule has 82 valence electrons. The summed E-state index contributed by atoms with van der Waals surface area (Å²) in [6, 6.07) is 7.31. The van der Waals surface area contributed by atoms with E-state index in [-0.39, 0.29) is 0 Å². The molecule has 0 spiro atoms. The van der Waals surface area contributed by atoms with Gasteiger partial charge in [0.1, 0.15) is 5.75 Å². The molecule has 4 nitrogen and oxygen atoms in total. The van der Waals surface area contributed by atoms with Crippen molar-refractivity contribution in [1.82, 2.24) is 9.97 Å². The average Bonchev–Trinajstić information content (AvgIpc) is 2.29. The SMILES string of the molecule is NCc1cccc(Oc2cncc(Br)c2)n1. The minimum absolute atomic E-state index is 0.397. The zero-order valence-corrected chi connectivity index (χ0v) is 10.0. The van der Waals surface area contributed by atoms with Crippen LogP contribution >= 0.6 is 15.9 Å². The summed E-state index contributed by atoms with van der Waals surface area (Å²) >= 11 is 3.32. The van der Waals surface area contributed by atoms with E-state index >= 15 is 0 Å². The number of nitrogens with zero attached hydrogens (tertiary/aromatic N) is 2. The van der Waals surface area contributed by atoms with Gasteiger partial charge >= 0.3 is 0 Å². The molecular formula is C11H10BrN3O. The highest BCUT2D eigenvalue weighted by Gasteiger charge is 2.00. The molecule has 2 aromatic rings. The molecule has 0 radical (unpaired) electrons. The lowest BCUT2D eigenvalue weighted by molar-refractivity contribution is 0.458. The maximum atomic E-state index is 5.54. The summed E-state index contributed by atoms with van der Waals surface area (Å²) in [4.78, 5) is 8.22. The number of ether oxygens (including phenoxy) is 1. The Bertz CT molecular complexity index is 490. The molecule has 0 bridgehead atoms. The summed E-state index contributed by atoms with van der Waals surface area (Å²) in [6.07, 6.45) is 3.32. The molecule has 0 atom stereocenters. The van der Waals surface area contributed by atoms with Gasteiger partial charge in [-0.1, -0.05) is 6.07 Å². The predicted octanol–water partition coefficient (Wildman–Crippen LogP) is 2.49. The number of rotatable bonds is 3. The van der Waals surface area contributed by atoms with Crippen LogP contribution in [0.4, 0.5) is 0 Å². The van der Waals surface area contributed by atoms with Crippen molar-refractivity contribution in [1.29, 1.82) is 0 Å². The van der Waals surface area contributed by atoms with Crippen molar-refractivity contribution >= 4 is 15.9 Å². The lowest BCUT2D eigenvalue weighted by Gasteiger charge is -2.05. The van der Waals surface area contributed by atoms with E-state index < -0.39 is 0 Å². The highest BCUT2D eigenvalue weighted by Crippen LogP contribution is 2.21. The standard InChI is InChI=1S/C11H10BrN3O/c12-8-4-10(7-14-6-8)16-11-3-1-2-9(5-13)15-11/h1-4,6-7H,5,13H2. The minimum atomic E-state index is 0.397. The summed E-state index contributed by atoms with van der Waals surface area (Å²) in [6.45, 7) is 0.397. The molecule has 0 amide bonds. The maximum absolute atomic E-state index is 5.54. The van der Waals surface area contributed by atoms with Gasteiger partial charge in [-0.25, -0.2) is 4.98 Å². The Morgan fingerprint density at radius 2 is 2.19 bits per heavy atom. The smallest absolute Gasteiger partial charge is 0.219 e. The summed E-state index contributed by atoms with van der Waals surface area (Å²) < 4.78 is 6.40. The van der Waals surface area contributed by atoms with Crippen molar-refractivity contribution in [2.75, 3.05) is 0 Å². The number of pyridine rings is 2. The maximum Gasteiger partial charge on any atom is 0.219 e. The van der Waals surface area contributed by atoms with Gasteiger partial charge in [-0.3, -0.25) is 4.98 Å². The van der Waals surface area contributed by atoms with Gasteiger partial charge in [0, 0.05) is 23.3 Å². The Hall–Kier alpha value is -1.46. The second kappa shape index (κ2) is 5.05. The first-order valence-electron chi connectivity index (χ1n) is 4.72. The first-order valence-corrected chi connectivity index (χ1v) is 5.51. The van der Waals surface area contributed by atoms with E-state index in [0.29, 0.717) is 18.2 Å². The molecule has 0 unspecified atom stereocenters. The van der Waals surface area contributed by atoms with Crippen molar-refractivity contribution in [2.24, 2.45) is 5.73 Å². The van der Waals surface area contributed by atoms with E-state index in [1.165, 1.54) is 0 Å². The normalized spacial score (nSPS) is 10.1. The van der Waals surface area contributed by atoms with Crippen molar-refractivity contribution in [3.63, 3.8) is 0 Å². The van der Waals surface area contributed by atoms with Crippen molar-refractivity contribution in [3.05, 3.63) is 46.8 Å². The lowest BCUT2D eigenvalue weighted by atomic mass is 10.3. The molecular weight excluding hydrogens is 270 g/mol. The van der Waals surface area contributed by atoms with Gasteiger partial charge in [0.15, 0.2) is 0 Å². The topological polar surface area (TPSA) is 61.0 Å². The second-order valence-electron chi connectivity index (χ2n) is 3.11. The van der Waals surface area contributed by atoms with Crippen LogP contribution in [0.2, 0.25) is 0 Å². The fourth-order valence-electron chi connectivity index (χ4n) is 1.20. The second-order valence-corrected chi connectivity index (χ2v) is 4.03. The van der Waals surface area contributed by atoms with E-state index in [2.05, 4.69) is 25.9 Å². The molecule has 0 aliphatic rings. The van der Waals surface area contributed by atoms with E-state index in [1.807, 2.05) is 18.2 Å².